The van der Waals surface area contributed by atoms with Gasteiger partial charge in [0.25, 0.3) is 0 Å². The molecule has 0 fully saturated rings. The standard InChI is InChI=1S/C25H23FN2O3/c1-17(13-25(29)30)19-7-11-22(12-8-19)31-16-20-3-2-4-24-23(20)15-28(27-24)14-18-5-9-21(26)10-6-18/h2-12,15,17H,13-14,16H2,1H3,(H,29,30). The lowest BCUT2D eigenvalue weighted by molar-refractivity contribution is -0.137. The van der Waals surface area contributed by atoms with E-state index in [1.54, 1.807) is 12.1 Å². The number of aliphatic carboxylic acids is 1. The lowest BCUT2D eigenvalue weighted by atomic mass is 9.98. The molecule has 0 saturated heterocycles. The first-order valence-corrected chi connectivity index (χ1v) is 10.1. The fourth-order valence-corrected chi connectivity index (χ4v) is 3.57. The number of benzene rings is 3. The highest BCUT2D eigenvalue weighted by Crippen LogP contribution is 2.24. The Morgan fingerprint density at radius 2 is 1.84 bits per heavy atom. The van der Waals surface area contributed by atoms with Crippen LogP contribution in [0.5, 0.6) is 5.75 Å². The summed E-state index contributed by atoms with van der Waals surface area (Å²) in [7, 11) is 0. The van der Waals surface area contributed by atoms with Crippen molar-refractivity contribution in [2.24, 2.45) is 0 Å². The van der Waals surface area contributed by atoms with Gasteiger partial charge in [-0.15, -0.1) is 0 Å². The summed E-state index contributed by atoms with van der Waals surface area (Å²) in [6, 6.07) is 19.9. The van der Waals surface area contributed by atoms with Crippen LogP contribution in [0.2, 0.25) is 0 Å². The molecule has 0 aliphatic carbocycles. The second kappa shape index (κ2) is 9.00. The van der Waals surface area contributed by atoms with Gasteiger partial charge in [-0.3, -0.25) is 9.48 Å². The maximum Gasteiger partial charge on any atom is 0.303 e. The molecule has 1 N–H and O–H groups in total. The molecule has 1 unspecified atom stereocenters. The molecule has 4 rings (SSSR count). The Morgan fingerprint density at radius 1 is 1.10 bits per heavy atom. The molecule has 1 atom stereocenters. The third-order valence-corrected chi connectivity index (χ3v) is 5.27. The van der Waals surface area contributed by atoms with E-state index in [9.17, 15) is 9.18 Å². The monoisotopic (exact) mass is 418 g/mol. The number of carbonyl (C=O) groups is 1. The molecule has 0 bridgehead atoms. The van der Waals surface area contributed by atoms with Gasteiger partial charge in [-0.1, -0.05) is 43.3 Å². The van der Waals surface area contributed by atoms with E-state index >= 15 is 0 Å². The average molecular weight is 418 g/mol. The highest BCUT2D eigenvalue weighted by atomic mass is 19.1. The lowest BCUT2D eigenvalue weighted by Gasteiger charge is -2.11. The molecule has 0 saturated carbocycles. The molecule has 0 aliphatic heterocycles. The van der Waals surface area contributed by atoms with Gasteiger partial charge in [0.05, 0.1) is 18.5 Å². The third-order valence-electron chi connectivity index (χ3n) is 5.27. The summed E-state index contributed by atoms with van der Waals surface area (Å²) in [5, 5.41) is 14.6. The number of carboxylic acid groups (broad SMARTS) is 1. The zero-order chi connectivity index (χ0) is 21.8. The maximum atomic E-state index is 13.1. The Kier molecular flexibility index (Phi) is 5.98. The molecule has 0 amide bonds. The molecule has 0 radical (unpaired) electrons. The highest BCUT2D eigenvalue weighted by molar-refractivity contribution is 5.81. The topological polar surface area (TPSA) is 64.3 Å². The van der Waals surface area contributed by atoms with Gasteiger partial charge in [0, 0.05) is 17.1 Å². The van der Waals surface area contributed by atoms with Gasteiger partial charge < -0.3 is 9.84 Å². The second-order valence-corrected chi connectivity index (χ2v) is 7.66. The number of nitrogens with zero attached hydrogens (tertiary/aromatic N) is 2. The van der Waals surface area contributed by atoms with Crippen LogP contribution in [0.4, 0.5) is 4.39 Å². The van der Waals surface area contributed by atoms with Crippen LogP contribution in [-0.4, -0.2) is 20.9 Å². The van der Waals surface area contributed by atoms with Gasteiger partial charge >= 0.3 is 5.97 Å². The van der Waals surface area contributed by atoms with Crippen molar-refractivity contribution in [3.8, 4) is 5.75 Å². The van der Waals surface area contributed by atoms with E-state index in [0.717, 1.165) is 33.3 Å². The molecule has 31 heavy (non-hydrogen) atoms. The second-order valence-electron chi connectivity index (χ2n) is 7.66. The van der Waals surface area contributed by atoms with Crippen molar-refractivity contribution < 1.29 is 19.0 Å². The molecule has 1 heterocycles. The predicted octanol–water partition coefficient (Wildman–Crippen LogP) is 5.38. The van der Waals surface area contributed by atoms with Crippen molar-refractivity contribution in [2.45, 2.75) is 32.4 Å². The number of ether oxygens (including phenoxy) is 1. The van der Waals surface area contributed by atoms with Crippen molar-refractivity contribution in [1.29, 1.82) is 0 Å². The molecule has 4 aromatic rings. The number of fused-ring (bicyclic) bond motifs is 1. The lowest BCUT2D eigenvalue weighted by Crippen LogP contribution is -2.03. The summed E-state index contributed by atoms with van der Waals surface area (Å²) in [5.41, 5.74) is 3.84. The molecule has 0 spiro atoms. The fourth-order valence-electron chi connectivity index (χ4n) is 3.57. The van der Waals surface area contributed by atoms with Crippen LogP contribution in [0.1, 0.15) is 36.0 Å². The number of hydrogen-bond acceptors (Lipinski definition) is 3. The minimum absolute atomic E-state index is 0.0488. The molecule has 1 aromatic heterocycles. The summed E-state index contributed by atoms with van der Waals surface area (Å²) >= 11 is 0. The van der Waals surface area contributed by atoms with Crippen LogP contribution in [0.25, 0.3) is 10.9 Å². The van der Waals surface area contributed by atoms with E-state index in [-0.39, 0.29) is 18.2 Å². The van der Waals surface area contributed by atoms with Crippen molar-refractivity contribution in [3.05, 3.63) is 95.4 Å². The van der Waals surface area contributed by atoms with Gasteiger partial charge in [-0.2, -0.15) is 5.10 Å². The molecule has 5 nitrogen and oxygen atoms in total. The zero-order valence-electron chi connectivity index (χ0n) is 17.2. The Hall–Kier alpha value is -3.67. The normalized spacial score (nSPS) is 12.1. The van der Waals surface area contributed by atoms with E-state index in [1.165, 1.54) is 12.1 Å². The summed E-state index contributed by atoms with van der Waals surface area (Å²) in [4.78, 5) is 10.9. The quantitative estimate of drug-likeness (QED) is 0.417. The van der Waals surface area contributed by atoms with Crippen molar-refractivity contribution in [2.75, 3.05) is 0 Å². The third kappa shape index (κ3) is 5.09. The van der Waals surface area contributed by atoms with Gasteiger partial charge in [-0.05, 0) is 47.4 Å². The molecular formula is C25H23FN2O3. The largest absolute Gasteiger partial charge is 0.489 e. The van der Waals surface area contributed by atoms with Crippen molar-refractivity contribution >= 4 is 16.9 Å². The van der Waals surface area contributed by atoms with Crippen LogP contribution >= 0.6 is 0 Å². The molecule has 0 aliphatic rings. The van der Waals surface area contributed by atoms with Gasteiger partial charge in [0.15, 0.2) is 0 Å². The fraction of sp³-hybridized carbons (Fsp3) is 0.200. The Bertz CT molecular complexity index is 1180. The Morgan fingerprint density at radius 3 is 2.55 bits per heavy atom. The number of hydrogen-bond donors (Lipinski definition) is 1. The molecule has 6 heteroatoms. The first-order valence-electron chi connectivity index (χ1n) is 10.1. The predicted molar refractivity (Wildman–Crippen MR) is 117 cm³/mol. The SMILES string of the molecule is CC(CC(=O)O)c1ccc(OCc2cccc3nn(Cc4ccc(F)cc4)cc23)cc1. The van der Waals surface area contributed by atoms with Crippen molar-refractivity contribution in [1.82, 2.24) is 9.78 Å². The van der Waals surface area contributed by atoms with E-state index in [0.29, 0.717) is 13.2 Å². The number of aromatic nitrogens is 2. The first kappa shape index (κ1) is 20.6. The molecule has 3 aromatic carbocycles. The van der Waals surface area contributed by atoms with Crippen LogP contribution in [0.3, 0.4) is 0 Å². The van der Waals surface area contributed by atoms with Crippen molar-refractivity contribution in [3.63, 3.8) is 0 Å². The Balaban J connectivity index is 1.45. The van der Waals surface area contributed by atoms with Crippen LogP contribution < -0.4 is 4.74 Å². The van der Waals surface area contributed by atoms with Gasteiger partial charge in [-0.25, -0.2) is 4.39 Å². The summed E-state index contributed by atoms with van der Waals surface area (Å²) in [6.45, 7) is 2.85. The Labute approximate surface area is 179 Å². The van der Waals surface area contributed by atoms with E-state index in [2.05, 4.69) is 5.10 Å². The summed E-state index contributed by atoms with van der Waals surface area (Å²) < 4.78 is 20.9. The number of rotatable bonds is 8. The van der Waals surface area contributed by atoms with E-state index < -0.39 is 5.97 Å². The highest BCUT2D eigenvalue weighted by Gasteiger charge is 2.11. The van der Waals surface area contributed by atoms with Crippen LogP contribution in [0, 0.1) is 5.82 Å². The minimum atomic E-state index is -0.805. The summed E-state index contributed by atoms with van der Waals surface area (Å²) in [5.74, 6) is -0.381. The maximum absolute atomic E-state index is 13.1. The summed E-state index contributed by atoms with van der Waals surface area (Å²) in [6.07, 6.45) is 2.08. The van der Waals surface area contributed by atoms with E-state index in [1.807, 2.05) is 60.3 Å². The van der Waals surface area contributed by atoms with Gasteiger partial charge in [0.2, 0.25) is 0 Å². The van der Waals surface area contributed by atoms with Gasteiger partial charge in [0.1, 0.15) is 18.2 Å². The molecule has 158 valence electrons. The minimum Gasteiger partial charge on any atom is -0.489 e. The number of halogens is 1. The first-order chi connectivity index (χ1) is 15.0. The van der Waals surface area contributed by atoms with Crippen LogP contribution in [-0.2, 0) is 17.9 Å². The van der Waals surface area contributed by atoms with E-state index in [4.69, 9.17) is 9.84 Å². The average Bonchev–Trinajstić information content (AvgIpc) is 3.17. The zero-order valence-corrected chi connectivity index (χ0v) is 17.2. The van der Waals surface area contributed by atoms with Crippen LogP contribution in [0.15, 0.2) is 72.9 Å². The number of carboxylic acids is 1. The molecular weight excluding hydrogens is 395 g/mol. The smallest absolute Gasteiger partial charge is 0.303 e.